The normalized spacial score (nSPS) is 45.1. The third-order valence-corrected chi connectivity index (χ3v) is 9.75. The molecule has 4 rings (SSSR count). The lowest BCUT2D eigenvalue weighted by atomic mass is 9.44. The first-order valence-electron chi connectivity index (χ1n) is 12.6. The molecule has 0 aromatic rings. The number of ether oxygens (including phenoxy) is 1. The molecule has 34 heavy (non-hydrogen) atoms. The van der Waals surface area contributed by atoms with Crippen LogP contribution in [0.4, 0.5) is 4.39 Å². The maximum absolute atomic E-state index is 17.3. The highest BCUT2D eigenvalue weighted by molar-refractivity contribution is 6.01. The average molecular weight is 477 g/mol. The molecule has 0 amide bonds. The fourth-order valence-electron chi connectivity index (χ4n) is 8.07. The molecule has 0 aliphatic heterocycles. The lowest BCUT2D eigenvalue weighted by Crippen LogP contribution is -2.70. The molecule has 0 spiro atoms. The highest BCUT2D eigenvalue weighted by Crippen LogP contribution is 2.71. The largest absolute Gasteiger partial charge is 0.450 e. The second-order valence-electron chi connectivity index (χ2n) is 11.3. The molecule has 0 saturated heterocycles. The molecule has 0 aromatic heterocycles. The van der Waals surface area contributed by atoms with Gasteiger partial charge in [0.25, 0.3) is 0 Å². The van der Waals surface area contributed by atoms with Gasteiger partial charge in [0.1, 0.15) is 6.61 Å². The topological polar surface area (TPSA) is 101 Å². The number of rotatable bonds is 6. The molecule has 2 N–H and O–H groups in total. The Bertz CT molecular complexity index is 957. The Morgan fingerprint density at radius 1 is 1.26 bits per heavy atom. The maximum Gasteiger partial charge on any atom is 0.306 e. The Morgan fingerprint density at radius 3 is 2.62 bits per heavy atom. The van der Waals surface area contributed by atoms with Crippen LogP contribution in [-0.4, -0.2) is 51.7 Å². The lowest BCUT2D eigenvalue weighted by Gasteiger charge is -2.62. The number of unbranched alkanes of at least 4 members (excludes halogenated alkanes) is 1. The predicted molar refractivity (Wildman–Crippen MR) is 123 cm³/mol. The summed E-state index contributed by atoms with van der Waals surface area (Å²) < 4.78 is 23.3. The molecular formula is C27H37FO6. The van der Waals surface area contributed by atoms with Crippen LogP contribution in [-0.2, 0) is 19.1 Å². The number of carbonyl (C=O) groups excluding carboxylic acids is 3. The van der Waals surface area contributed by atoms with Crippen molar-refractivity contribution >= 4 is 17.5 Å². The van der Waals surface area contributed by atoms with E-state index in [0.29, 0.717) is 31.3 Å². The van der Waals surface area contributed by atoms with E-state index in [1.165, 1.54) is 12.2 Å². The summed E-state index contributed by atoms with van der Waals surface area (Å²) in [6, 6.07) is 0. The van der Waals surface area contributed by atoms with Gasteiger partial charge in [0.05, 0.1) is 6.10 Å². The van der Waals surface area contributed by atoms with Crippen molar-refractivity contribution in [2.75, 3.05) is 6.61 Å². The predicted octanol–water partition coefficient (Wildman–Crippen LogP) is 3.64. The summed E-state index contributed by atoms with van der Waals surface area (Å²) in [7, 11) is 0. The number of aliphatic hydroxyl groups is 2. The minimum absolute atomic E-state index is 0.0769. The van der Waals surface area contributed by atoms with Crippen LogP contribution in [0.5, 0.6) is 0 Å². The quantitative estimate of drug-likeness (QED) is 0.568. The van der Waals surface area contributed by atoms with Crippen molar-refractivity contribution in [3.63, 3.8) is 0 Å². The van der Waals surface area contributed by atoms with Crippen molar-refractivity contribution < 1.29 is 33.7 Å². The van der Waals surface area contributed by atoms with E-state index in [1.54, 1.807) is 13.0 Å². The van der Waals surface area contributed by atoms with E-state index in [9.17, 15) is 24.6 Å². The highest BCUT2D eigenvalue weighted by atomic mass is 19.1. The van der Waals surface area contributed by atoms with Gasteiger partial charge in [-0.05, 0) is 57.1 Å². The van der Waals surface area contributed by atoms with Crippen molar-refractivity contribution in [1.82, 2.24) is 0 Å². The number of hydrogen-bond acceptors (Lipinski definition) is 6. The fraction of sp³-hybridized carbons (Fsp3) is 0.741. The molecule has 3 saturated carbocycles. The van der Waals surface area contributed by atoms with E-state index in [2.05, 4.69) is 0 Å². The number of aliphatic hydroxyl groups excluding tert-OH is 2. The van der Waals surface area contributed by atoms with Crippen molar-refractivity contribution in [1.29, 1.82) is 0 Å². The van der Waals surface area contributed by atoms with E-state index in [1.807, 2.05) is 20.8 Å². The van der Waals surface area contributed by atoms with E-state index >= 15 is 4.39 Å². The molecule has 0 radical (unpaired) electrons. The molecule has 4 aliphatic carbocycles. The molecule has 3 fully saturated rings. The summed E-state index contributed by atoms with van der Waals surface area (Å²) in [4.78, 5) is 38.1. The number of fused-ring (bicyclic) bond motifs is 5. The van der Waals surface area contributed by atoms with Crippen LogP contribution in [0.15, 0.2) is 23.8 Å². The van der Waals surface area contributed by atoms with Crippen molar-refractivity contribution in [3.8, 4) is 0 Å². The van der Waals surface area contributed by atoms with Crippen LogP contribution in [0.25, 0.3) is 0 Å². The number of halogens is 1. The SMILES string of the molecule is CCCCC(=O)O[C@@]1(C(=O)CO)[C@H](C)C[C@@H]2[C@H]3CCC4=CC(=O)C=C[C@]4(C)[C@]3(F)[C@@H](O)C[C@@]21C. The number of esters is 1. The summed E-state index contributed by atoms with van der Waals surface area (Å²) in [6.07, 6.45) is 5.92. The number of allylic oxidation sites excluding steroid dienone is 4. The number of ketones is 2. The first-order valence-corrected chi connectivity index (χ1v) is 12.6. The van der Waals surface area contributed by atoms with Crippen molar-refractivity contribution in [3.05, 3.63) is 23.8 Å². The third kappa shape index (κ3) is 3.08. The Hall–Kier alpha value is -1.86. The molecule has 188 valence electrons. The van der Waals surface area contributed by atoms with E-state index in [-0.39, 0.29) is 24.5 Å². The first-order chi connectivity index (χ1) is 15.9. The molecule has 6 nitrogen and oxygen atoms in total. The van der Waals surface area contributed by atoms with Crippen LogP contribution in [0.1, 0.15) is 72.6 Å². The lowest BCUT2D eigenvalue weighted by molar-refractivity contribution is -0.228. The van der Waals surface area contributed by atoms with Gasteiger partial charge in [-0.15, -0.1) is 0 Å². The summed E-state index contributed by atoms with van der Waals surface area (Å²) in [5, 5.41) is 21.4. The van der Waals surface area contributed by atoms with Crippen LogP contribution < -0.4 is 0 Å². The molecule has 4 aliphatic rings. The van der Waals surface area contributed by atoms with Crippen LogP contribution in [0, 0.1) is 28.6 Å². The molecule has 7 heteroatoms. The average Bonchev–Trinajstić information content (AvgIpc) is 3.00. The molecule has 8 atom stereocenters. The van der Waals surface area contributed by atoms with Gasteiger partial charge in [-0.3, -0.25) is 14.4 Å². The van der Waals surface area contributed by atoms with Gasteiger partial charge >= 0.3 is 5.97 Å². The Labute approximate surface area is 200 Å². The molecule has 0 heterocycles. The summed E-state index contributed by atoms with van der Waals surface area (Å²) >= 11 is 0. The monoisotopic (exact) mass is 476 g/mol. The third-order valence-electron chi connectivity index (χ3n) is 9.75. The first kappa shape index (κ1) is 25.2. The van der Waals surface area contributed by atoms with Gasteiger partial charge in [0, 0.05) is 29.1 Å². The Balaban J connectivity index is 1.80. The van der Waals surface area contributed by atoms with Crippen LogP contribution in [0.2, 0.25) is 0 Å². The minimum atomic E-state index is -2.03. The summed E-state index contributed by atoms with van der Waals surface area (Å²) in [6.45, 7) is 6.55. The number of alkyl halides is 1. The standard InChI is InChI=1S/C27H37FO6/c1-5-6-7-23(33)34-27(22(32)15-29)16(2)12-20-19-9-8-17-13-18(30)10-11-24(17,3)26(19,28)21(31)14-25(20,27)4/h10-11,13,16,19-21,29,31H,5-9,12,14-15H2,1-4H3/t16-,19-,20-,21+,24+,25+,26-,27-/m1/s1. The number of hydrogen-bond donors (Lipinski definition) is 2. The van der Waals surface area contributed by atoms with Crippen molar-refractivity contribution in [2.45, 2.75) is 90.0 Å². The van der Waals surface area contributed by atoms with Gasteiger partial charge in [0.15, 0.2) is 17.1 Å². The van der Waals surface area contributed by atoms with Gasteiger partial charge < -0.3 is 14.9 Å². The van der Waals surface area contributed by atoms with Crippen LogP contribution in [0.3, 0.4) is 0 Å². The van der Waals surface area contributed by atoms with E-state index in [4.69, 9.17) is 4.74 Å². The Kier molecular flexibility index (Phi) is 6.21. The van der Waals surface area contributed by atoms with Crippen molar-refractivity contribution in [2.24, 2.45) is 28.6 Å². The van der Waals surface area contributed by atoms with Crippen LogP contribution >= 0.6 is 0 Å². The van der Waals surface area contributed by atoms with E-state index < -0.39 is 58.4 Å². The molecule has 0 unspecified atom stereocenters. The van der Waals surface area contributed by atoms with Gasteiger partial charge in [-0.1, -0.05) is 38.8 Å². The number of carbonyl (C=O) groups is 3. The summed E-state index contributed by atoms with van der Waals surface area (Å²) in [5.74, 6) is -2.62. The second-order valence-corrected chi connectivity index (χ2v) is 11.3. The number of Topliss-reactive ketones (excluding diaryl/α,β-unsaturated/α-hetero) is 1. The smallest absolute Gasteiger partial charge is 0.306 e. The highest BCUT2D eigenvalue weighted by Gasteiger charge is 2.77. The molecular weight excluding hydrogens is 439 g/mol. The maximum atomic E-state index is 17.3. The minimum Gasteiger partial charge on any atom is -0.450 e. The molecule has 0 bridgehead atoms. The van der Waals surface area contributed by atoms with Gasteiger partial charge in [0.2, 0.25) is 5.78 Å². The zero-order valence-electron chi connectivity index (χ0n) is 20.6. The fourth-order valence-corrected chi connectivity index (χ4v) is 8.07. The zero-order valence-corrected chi connectivity index (χ0v) is 20.6. The summed E-state index contributed by atoms with van der Waals surface area (Å²) in [5.41, 5.74) is -5.11. The molecule has 0 aromatic carbocycles. The van der Waals surface area contributed by atoms with Gasteiger partial charge in [-0.25, -0.2) is 4.39 Å². The second kappa shape index (κ2) is 8.37. The van der Waals surface area contributed by atoms with E-state index in [0.717, 1.165) is 6.42 Å². The zero-order chi connectivity index (χ0) is 25.1. The Morgan fingerprint density at radius 2 is 1.97 bits per heavy atom. The van der Waals surface area contributed by atoms with Gasteiger partial charge in [-0.2, -0.15) is 0 Å².